The van der Waals surface area contributed by atoms with Crippen LogP contribution >= 0.6 is 0 Å². The van der Waals surface area contributed by atoms with Gasteiger partial charge in [0.25, 0.3) is 5.91 Å². The summed E-state index contributed by atoms with van der Waals surface area (Å²) in [5.41, 5.74) is 0.676. The molecule has 1 N–H and O–H groups in total. The summed E-state index contributed by atoms with van der Waals surface area (Å²) in [4.78, 5) is 18.5. The first-order valence-electron chi connectivity index (χ1n) is 8.92. The van der Waals surface area contributed by atoms with Crippen LogP contribution in [0.1, 0.15) is 37.0 Å². The van der Waals surface area contributed by atoms with Crippen molar-refractivity contribution >= 4 is 5.91 Å². The molecule has 1 aliphatic heterocycles. The third-order valence-electron chi connectivity index (χ3n) is 4.99. The molecule has 2 aromatic rings. The maximum Gasteiger partial charge on any atom is 0.573 e. The van der Waals surface area contributed by atoms with Crippen LogP contribution in [0.4, 0.5) is 13.2 Å². The van der Waals surface area contributed by atoms with E-state index in [1.807, 2.05) is 6.92 Å². The van der Waals surface area contributed by atoms with Crippen molar-refractivity contribution in [3.8, 4) is 5.75 Å². The highest BCUT2D eigenvalue weighted by atomic mass is 19.4. The Labute approximate surface area is 160 Å². The van der Waals surface area contributed by atoms with Crippen molar-refractivity contribution in [1.82, 2.24) is 9.88 Å². The van der Waals surface area contributed by atoms with Crippen molar-refractivity contribution in [1.29, 1.82) is 0 Å². The number of carbonyl (C=O) groups is 1. The van der Waals surface area contributed by atoms with E-state index >= 15 is 0 Å². The second-order valence-electron chi connectivity index (χ2n) is 7.15. The average molecular weight is 394 g/mol. The normalized spacial score (nSPS) is 20.8. The van der Waals surface area contributed by atoms with Gasteiger partial charge in [0.15, 0.2) is 6.10 Å². The van der Waals surface area contributed by atoms with Crippen molar-refractivity contribution in [2.45, 2.75) is 44.2 Å². The van der Waals surface area contributed by atoms with Crippen molar-refractivity contribution in [3.05, 3.63) is 59.9 Å². The number of likely N-dealkylation sites (tertiary alicyclic amines) is 1. The highest BCUT2D eigenvalue weighted by Crippen LogP contribution is 2.35. The molecule has 0 aliphatic carbocycles. The zero-order valence-corrected chi connectivity index (χ0v) is 15.3. The zero-order valence-electron chi connectivity index (χ0n) is 15.3. The van der Waals surface area contributed by atoms with Crippen molar-refractivity contribution < 1.29 is 27.8 Å². The highest BCUT2D eigenvalue weighted by molar-refractivity contribution is 5.83. The third kappa shape index (κ3) is 4.62. The SMILES string of the molecule is CC1(Cc2ccc(OC(F)(F)F)cc2)CCCN1C(=O)C(O)c1cccnc1. The van der Waals surface area contributed by atoms with Crippen LogP contribution in [0.3, 0.4) is 0 Å². The Hall–Kier alpha value is -2.61. The van der Waals surface area contributed by atoms with Gasteiger partial charge in [-0.05, 0) is 49.9 Å². The fourth-order valence-corrected chi connectivity index (χ4v) is 3.66. The molecule has 1 saturated heterocycles. The molecule has 28 heavy (non-hydrogen) atoms. The summed E-state index contributed by atoms with van der Waals surface area (Å²) in [5.74, 6) is -0.683. The number of benzene rings is 1. The largest absolute Gasteiger partial charge is 0.573 e. The smallest absolute Gasteiger partial charge is 0.406 e. The number of aliphatic hydroxyl groups is 1. The molecule has 1 aliphatic rings. The quantitative estimate of drug-likeness (QED) is 0.841. The van der Waals surface area contributed by atoms with Gasteiger partial charge in [-0.2, -0.15) is 0 Å². The number of carbonyl (C=O) groups excluding carboxylic acids is 1. The number of alkyl halides is 3. The molecule has 0 saturated carbocycles. The van der Waals surface area contributed by atoms with Gasteiger partial charge in [-0.3, -0.25) is 9.78 Å². The van der Waals surface area contributed by atoms with E-state index in [0.29, 0.717) is 18.5 Å². The Bertz CT molecular complexity index is 812. The fourth-order valence-electron chi connectivity index (χ4n) is 3.66. The molecule has 5 nitrogen and oxygen atoms in total. The van der Waals surface area contributed by atoms with E-state index in [9.17, 15) is 23.1 Å². The van der Waals surface area contributed by atoms with E-state index in [-0.39, 0.29) is 5.75 Å². The van der Waals surface area contributed by atoms with Gasteiger partial charge in [-0.15, -0.1) is 13.2 Å². The Morgan fingerprint density at radius 2 is 2.04 bits per heavy atom. The van der Waals surface area contributed by atoms with Crippen molar-refractivity contribution in [2.75, 3.05) is 6.54 Å². The number of rotatable bonds is 5. The van der Waals surface area contributed by atoms with Crippen LogP contribution in [0.5, 0.6) is 5.75 Å². The molecule has 3 rings (SSSR count). The van der Waals surface area contributed by atoms with Crippen molar-refractivity contribution in [2.24, 2.45) is 0 Å². The number of hydrogen-bond donors (Lipinski definition) is 1. The first-order chi connectivity index (χ1) is 13.2. The number of aromatic nitrogens is 1. The lowest BCUT2D eigenvalue weighted by molar-refractivity contribution is -0.274. The predicted octanol–water partition coefficient (Wildman–Crippen LogP) is 3.64. The molecule has 0 bridgehead atoms. The van der Waals surface area contributed by atoms with Crippen LogP contribution < -0.4 is 4.74 Å². The fraction of sp³-hybridized carbons (Fsp3) is 0.400. The summed E-state index contributed by atoms with van der Waals surface area (Å²) >= 11 is 0. The molecule has 8 heteroatoms. The van der Waals surface area contributed by atoms with E-state index < -0.39 is 23.9 Å². The Morgan fingerprint density at radius 3 is 2.64 bits per heavy atom. The van der Waals surface area contributed by atoms with Crippen LogP contribution in [0.2, 0.25) is 0 Å². The summed E-state index contributed by atoms with van der Waals surface area (Å²) in [5, 5.41) is 10.4. The average Bonchev–Trinajstić information content (AvgIpc) is 3.03. The number of amides is 1. The van der Waals surface area contributed by atoms with Gasteiger partial charge < -0.3 is 14.7 Å². The summed E-state index contributed by atoms with van der Waals surface area (Å²) in [6.45, 7) is 2.44. The van der Waals surface area contributed by atoms with Gasteiger partial charge in [0.1, 0.15) is 5.75 Å². The summed E-state index contributed by atoms with van der Waals surface area (Å²) in [6.07, 6.45) is -1.03. The lowest BCUT2D eigenvalue weighted by Gasteiger charge is -2.37. The Kier molecular flexibility index (Phi) is 5.60. The van der Waals surface area contributed by atoms with E-state index in [1.54, 1.807) is 35.4 Å². The number of nitrogens with zero attached hydrogens (tertiary/aromatic N) is 2. The minimum Gasteiger partial charge on any atom is -0.406 e. The predicted molar refractivity (Wildman–Crippen MR) is 95.4 cm³/mol. The standard InChI is InChI=1S/C20H21F3N2O3/c1-19(12-14-5-7-16(8-6-14)28-20(21,22)23)9-3-11-25(19)18(27)17(26)15-4-2-10-24-13-15/h2,4-8,10,13,17,26H,3,9,11-12H2,1H3. The molecule has 150 valence electrons. The summed E-state index contributed by atoms with van der Waals surface area (Å²) in [7, 11) is 0. The maximum absolute atomic E-state index is 12.9. The van der Waals surface area contributed by atoms with E-state index in [2.05, 4.69) is 9.72 Å². The molecular weight excluding hydrogens is 373 g/mol. The van der Waals surface area contributed by atoms with E-state index in [0.717, 1.165) is 18.4 Å². The van der Waals surface area contributed by atoms with Crippen LogP contribution in [-0.4, -0.2) is 39.3 Å². The minimum absolute atomic E-state index is 0.284. The maximum atomic E-state index is 12.9. The van der Waals surface area contributed by atoms with Gasteiger partial charge in [0, 0.05) is 30.0 Å². The van der Waals surface area contributed by atoms with Crippen molar-refractivity contribution in [3.63, 3.8) is 0 Å². The van der Waals surface area contributed by atoms with Gasteiger partial charge in [-0.1, -0.05) is 18.2 Å². The number of hydrogen-bond acceptors (Lipinski definition) is 4. The van der Waals surface area contributed by atoms with Gasteiger partial charge in [0.2, 0.25) is 0 Å². The number of pyridine rings is 1. The van der Waals surface area contributed by atoms with Crippen LogP contribution in [-0.2, 0) is 11.2 Å². The second-order valence-corrected chi connectivity index (χ2v) is 7.15. The summed E-state index contributed by atoms with van der Waals surface area (Å²) in [6, 6.07) is 8.94. The first kappa shape index (κ1) is 20.1. The molecule has 2 atom stereocenters. The van der Waals surface area contributed by atoms with Crippen LogP contribution in [0, 0.1) is 0 Å². The van der Waals surface area contributed by atoms with Crippen LogP contribution in [0.25, 0.3) is 0 Å². The minimum atomic E-state index is -4.73. The molecule has 2 heterocycles. The lowest BCUT2D eigenvalue weighted by Crippen LogP contribution is -2.48. The Morgan fingerprint density at radius 1 is 1.32 bits per heavy atom. The van der Waals surface area contributed by atoms with Crippen LogP contribution in [0.15, 0.2) is 48.8 Å². The van der Waals surface area contributed by atoms with Gasteiger partial charge in [-0.25, -0.2) is 0 Å². The second kappa shape index (κ2) is 7.79. The van der Waals surface area contributed by atoms with E-state index in [4.69, 9.17) is 0 Å². The number of ether oxygens (including phenoxy) is 1. The molecular formula is C20H21F3N2O3. The highest BCUT2D eigenvalue weighted by Gasteiger charge is 2.41. The van der Waals surface area contributed by atoms with E-state index in [1.165, 1.54) is 18.3 Å². The third-order valence-corrected chi connectivity index (χ3v) is 4.99. The topological polar surface area (TPSA) is 62.7 Å². The molecule has 0 radical (unpaired) electrons. The molecule has 0 spiro atoms. The molecule has 1 fully saturated rings. The number of halogens is 3. The molecule has 1 amide bonds. The Balaban J connectivity index is 1.72. The zero-order chi connectivity index (χ0) is 20.4. The first-order valence-corrected chi connectivity index (χ1v) is 8.92. The van der Waals surface area contributed by atoms with Gasteiger partial charge >= 0.3 is 6.36 Å². The monoisotopic (exact) mass is 394 g/mol. The van der Waals surface area contributed by atoms with Gasteiger partial charge in [0.05, 0.1) is 0 Å². The number of aliphatic hydroxyl groups excluding tert-OH is 1. The summed E-state index contributed by atoms with van der Waals surface area (Å²) < 4.78 is 40.8. The molecule has 2 unspecified atom stereocenters. The molecule has 1 aromatic heterocycles. The lowest BCUT2D eigenvalue weighted by atomic mass is 9.89. The molecule has 1 aromatic carbocycles.